The van der Waals surface area contributed by atoms with Crippen LogP contribution in [0.15, 0.2) is 4.99 Å². The van der Waals surface area contributed by atoms with Crippen LogP contribution < -0.4 is 10.6 Å². The number of nitrogens with one attached hydrogen (secondary N) is 2. The Morgan fingerprint density at radius 2 is 1.91 bits per heavy atom. The van der Waals surface area contributed by atoms with Gasteiger partial charge in [-0.15, -0.1) is 0 Å². The number of hydrogen-bond acceptors (Lipinski definition) is 3. The second-order valence-electron chi connectivity index (χ2n) is 6.40. The molecule has 2 fully saturated rings. The molecule has 1 saturated carbocycles. The summed E-state index contributed by atoms with van der Waals surface area (Å²) in [6.07, 6.45) is 9.09. The Morgan fingerprint density at radius 1 is 1.14 bits per heavy atom. The highest BCUT2D eigenvalue weighted by molar-refractivity contribution is 5.80. The van der Waals surface area contributed by atoms with E-state index in [1.807, 2.05) is 0 Å². The van der Waals surface area contributed by atoms with Crippen LogP contribution in [0.3, 0.4) is 0 Å². The predicted molar refractivity (Wildman–Crippen MR) is 92.5 cm³/mol. The summed E-state index contributed by atoms with van der Waals surface area (Å²) in [6, 6.07) is 0.625. The average molecular weight is 310 g/mol. The summed E-state index contributed by atoms with van der Waals surface area (Å²) in [5.41, 5.74) is 0. The number of morpholine rings is 1. The van der Waals surface area contributed by atoms with Gasteiger partial charge in [-0.1, -0.05) is 19.3 Å². The van der Waals surface area contributed by atoms with Gasteiger partial charge >= 0.3 is 0 Å². The molecule has 0 aromatic carbocycles. The first-order valence-corrected chi connectivity index (χ1v) is 9.23. The molecule has 0 aromatic rings. The lowest BCUT2D eigenvalue weighted by Gasteiger charge is -2.26. The van der Waals surface area contributed by atoms with Gasteiger partial charge in [0.2, 0.25) is 0 Å². The Hall–Kier alpha value is -0.810. The monoisotopic (exact) mass is 310 g/mol. The third-order valence-electron chi connectivity index (χ3n) is 4.55. The highest BCUT2D eigenvalue weighted by Gasteiger charge is 2.14. The lowest BCUT2D eigenvalue weighted by Crippen LogP contribution is -2.44. The second kappa shape index (κ2) is 10.8. The molecule has 1 aliphatic carbocycles. The minimum absolute atomic E-state index is 0.625. The number of rotatable bonds is 7. The van der Waals surface area contributed by atoms with Crippen LogP contribution in [0.2, 0.25) is 0 Å². The summed E-state index contributed by atoms with van der Waals surface area (Å²) in [4.78, 5) is 7.24. The van der Waals surface area contributed by atoms with E-state index in [9.17, 15) is 0 Å². The third-order valence-corrected chi connectivity index (χ3v) is 4.55. The Labute approximate surface area is 135 Å². The van der Waals surface area contributed by atoms with Gasteiger partial charge in [0.05, 0.1) is 13.2 Å². The van der Waals surface area contributed by atoms with E-state index in [2.05, 4.69) is 22.5 Å². The molecule has 0 aromatic heterocycles. The molecule has 2 N–H and O–H groups in total. The SMILES string of the molecule is CCNC(=NCCCCN1CCOCC1)NC1CCCCC1. The molecular formula is C17H34N4O. The Balaban J connectivity index is 1.61. The van der Waals surface area contributed by atoms with Crippen LogP contribution in [0, 0.1) is 0 Å². The molecule has 2 rings (SSSR count). The van der Waals surface area contributed by atoms with Gasteiger partial charge in [-0.05, 0) is 39.2 Å². The first kappa shape index (κ1) is 17.5. The average Bonchev–Trinajstić information content (AvgIpc) is 2.56. The molecule has 2 aliphatic rings. The van der Waals surface area contributed by atoms with E-state index in [1.165, 1.54) is 51.5 Å². The smallest absolute Gasteiger partial charge is 0.191 e. The maximum absolute atomic E-state index is 5.38. The zero-order valence-electron chi connectivity index (χ0n) is 14.3. The van der Waals surface area contributed by atoms with Gasteiger partial charge in [-0.3, -0.25) is 9.89 Å². The molecule has 0 spiro atoms. The molecule has 5 nitrogen and oxygen atoms in total. The number of nitrogens with zero attached hydrogens (tertiary/aromatic N) is 2. The molecule has 0 unspecified atom stereocenters. The maximum Gasteiger partial charge on any atom is 0.191 e. The predicted octanol–water partition coefficient (Wildman–Crippen LogP) is 1.99. The van der Waals surface area contributed by atoms with E-state index in [1.54, 1.807) is 0 Å². The van der Waals surface area contributed by atoms with Crippen molar-refractivity contribution >= 4 is 5.96 Å². The highest BCUT2D eigenvalue weighted by atomic mass is 16.5. The van der Waals surface area contributed by atoms with Gasteiger partial charge in [-0.2, -0.15) is 0 Å². The van der Waals surface area contributed by atoms with Crippen molar-refractivity contribution < 1.29 is 4.74 Å². The topological polar surface area (TPSA) is 48.9 Å². The Kier molecular flexibility index (Phi) is 8.64. The standard InChI is InChI=1S/C17H34N4O/c1-2-18-17(20-16-8-4-3-5-9-16)19-10-6-7-11-21-12-14-22-15-13-21/h16H,2-15H2,1H3,(H2,18,19,20). The molecule has 0 bridgehead atoms. The Morgan fingerprint density at radius 3 is 2.64 bits per heavy atom. The largest absolute Gasteiger partial charge is 0.379 e. The quantitative estimate of drug-likeness (QED) is 0.429. The van der Waals surface area contributed by atoms with Crippen LogP contribution >= 0.6 is 0 Å². The van der Waals surface area contributed by atoms with Crippen molar-refractivity contribution in [2.45, 2.75) is 57.9 Å². The van der Waals surface area contributed by atoms with Gasteiger partial charge in [0.15, 0.2) is 5.96 Å². The van der Waals surface area contributed by atoms with Crippen LogP contribution in [0.25, 0.3) is 0 Å². The van der Waals surface area contributed by atoms with E-state index < -0.39 is 0 Å². The van der Waals surface area contributed by atoms with E-state index in [0.29, 0.717) is 6.04 Å². The van der Waals surface area contributed by atoms with Crippen molar-refractivity contribution in [2.24, 2.45) is 4.99 Å². The minimum atomic E-state index is 0.625. The normalized spacial score (nSPS) is 21.8. The van der Waals surface area contributed by atoms with Crippen molar-refractivity contribution in [3.63, 3.8) is 0 Å². The van der Waals surface area contributed by atoms with Crippen molar-refractivity contribution in [1.82, 2.24) is 15.5 Å². The molecule has 1 saturated heterocycles. The molecule has 1 aliphatic heterocycles. The lowest BCUT2D eigenvalue weighted by molar-refractivity contribution is 0.0373. The van der Waals surface area contributed by atoms with Crippen LogP contribution in [0.1, 0.15) is 51.9 Å². The van der Waals surface area contributed by atoms with Crippen LogP contribution in [0.4, 0.5) is 0 Å². The van der Waals surface area contributed by atoms with Gasteiger partial charge in [0, 0.05) is 32.2 Å². The summed E-state index contributed by atoms with van der Waals surface area (Å²) < 4.78 is 5.38. The molecule has 0 amide bonds. The zero-order valence-corrected chi connectivity index (χ0v) is 14.3. The number of hydrogen-bond donors (Lipinski definition) is 2. The third kappa shape index (κ3) is 6.97. The first-order chi connectivity index (χ1) is 10.9. The van der Waals surface area contributed by atoms with E-state index >= 15 is 0 Å². The number of aliphatic imine (C=N–C) groups is 1. The van der Waals surface area contributed by atoms with Gasteiger partial charge < -0.3 is 15.4 Å². The fraction of sp³-hybridized carbons (Fsp3) is 0.941. The highest BCUT2D eigenvalue weighted by Crippen LogP contribution is 2.17. The van der Waals surface area contributed by atoms with E-state index in [0.717, 1.165) is 45.4 Å². The number of unbranched alkanes of at least 4 members (excludes halogenated alkanes) is 1. The van der Waals surface area contributed by atoms with Crippen molar-refractivity contribution in [3.8, 4) is 0 Å². The summed E-state index contributed by atoms with van der Waals surface area (Å²) in [6.45, 7) is 9.16. The fourth-order valence-electron chi connectivity index (χ4n) is 3.22. The Bertz CT molecular complexity index is 310. The van der Waals surface area contributed by atoms with Crippen LogP contribution in [-0.2, 0) is 4.74 Å². The van der Waals surface area contributed by atoms with Crippen LogP contribution in [0.5, 0.6) is 0 Å². The second-order valence-corrected chi connectivity index (χ2v) is 6.40. The summed E-state index contributed by atoms with van der Waals surface area (Å²) in [5.74, 6) is 1.01. The molecule has 1 heterocycles. The van der Waals surface area contributed by atoms with Gasteiger partial charge in [0.1, 0.15) is 0 Å². The summed E-state index contributed by atoms with van der Waals surface area (Å²) >= 11 is 0. The molecular weight excluding hydrogens is 276 g/mol. The number of guanidine groups is 1. The van der Waals surface area contributed by atoms with Crippen LogP contribution in [-0.4, -0.2) is 62.8 Å². The molecule has 0 radical (unpaired) electrons. The fourth-order valence-corrected chi connectivity index (χ4v) is 3.22. The van der Waals surface area contributed by atoms with Gasteiger partial charge in [0.25, 0.3) is 0 Å². The molecule has 5 heteroatoms. The van der Waals surface area contributed by atoms with Crippen molar-refractivity contribution in [1.29, 1.82) is 0 Å². The molecule has 0 atom stereocenters. The maximum atomic E-state index is 5.38. The molecule has 128 valence electrons. The zero-order chi connectivity index (χ0) is 15.5. The van der Waals surface area contributed by atoms with Crippen molar-refractivity contribution in [2.75, 3.05) is 45.9 Å². The van der Waals surface area contributed by atoms with Gasteiger partial charge in [-0.25, -0.2) is 0 Å². The lowest BCUT2D eigenvalue weighted by atomic mass is 9.96. The first-order valence-electron chi connectivity index (χ1n) is 9.23. The summed E-state index contributed by atoms with van der Waals surface area (Å²) in [7, 11) is 0. The number of ether oxygens (including phenoxy) is 1. The van der Waals surface area contributed by atoms with E-state index in [4.69, 9.17) is 9.73 Å². The molecule has 22 heavy (non-hydrogen) atoms. The minimum Gasteiger partial charge on any atom is -0.379 e. The summed E-state index contributed by atoms with van der Waals surface area (Å²) in [5, 5.41) is 6.99. The van der Waals surface area contributed by atoms with E-state index in [-0.39, 0.29) is 0 Å². The van der Waals surface area contributed by atoms with Crippen molar-refractivity contribution in [3.05, 3.63) is 0 Å².